The SMILES string of the molecule is CN1C/C(=C\c2ccncc2)C(=O)/C(=C/c2cc(C(F)(F)F)cc(C(F)(F)F)c2)C1. The molecular formula is C21H16F6N2O. The molecule has 9 heteroatoms. The van der Waals surface area contributed by atoms with E-state index in [9.17, 15) is 31.1 Å². The van der Waals surface area contributed by atoms with Crippen molar-refractivity contribution in [2.45, 2.75) is 12.4 Å². The number of alkyl halides is 6. The second-order valence-corrected chi connectivity index (χ2v) is 6.96. The Morgan fingerprint density at radius 3 is 1.77 bits per heavy atom. The molecule has 3 rings (SSSR count). The van der Waals surface area contributed by atoms with E-state index in [1.807, 2.05) is 0 Å². The Hall–Kier alpha value is -2.94. The van der Waals surface area contributed by atoms with Crippen molar-refractivity contribution in [1.82, 2.24) is 9.88 Å². The minimum absolute atomic E-state index is 0.0611. The zero-order chi connectivity index (χ0) is 22.1. The zero-order valence-electron chi connectivity index (χ0n) is 15.7. The number of hydrogen-bond acceptors (Lipinski definition) is 3. The summed E-state index contributed by atoms with van der Waals surface area (Å²) in [5, 5.41) is 0. The molecule has 0 amide bonds. The van der Waals surface area contributed by atoms with E-state index in [0.717, 1.165) is 6.08 Å². The molecule has 2 aromatic rings. The lowest BCUT2D eigenvalue weighted by atomic mass is 9.94. The van der Waals surface area contributed by atoms with Gasteiger partial charge in [-0.3, -0.25) is 14.7 Å². The van der Waals surface area contributed by atoms with Crippen LogP contribution in [0.4, 0.5) is 26.3 Å². The highest BCUT2D eigenvalue weighted by molar-refractivity contribution is 6.14. The summed E-state index contributed by atoms with van der Waals surface area (Å²) < 4.78 is 78.5. The smallest absolute Gasteiger partial charge is 0.298 e. The molecule has 0 unspecified atom stereocenters. The molecule has 0 spiro atoms. The van der Waals surface area contributed by atoms with Gasteiger partial charge in [0.1, 0.15) is 0 Å². The Labute approximate surface area is 168 Å². The normalized spacial score (nSPS) is 19.0. The number of likely N-dealkylation sites (N-methyl/N-ethyl adjacent to an activating group) is 1. The van der Waals surface area contributed by atoms with Gasteiger partial charge in [-0.1, -0.05) is 0 Å². The van der Waals surface area contributed by atoms with Gasteiger partial charge in [-0.25, -0.2) is 0 Å². The quantitative estimate of drug-likeness (QED) is 0.495. The van der Waals surface area contributed by atoms with Crippen LogP contribution < -0.4 is 0 Å². The molecule has 1 aliphatic heterocycles. The second kappa shape index (κ2) is 8.06. The number of benzene rings is 1. The van der Waals surface area contributed by atoms with Crippen LogP contribution in [0.5, 0.6) is 0 Å². The minimum atomic E-state index is -4.95. The van der Waals surface area contributed by atoms with Crippen molar-refractivity contribution in [3.8, 4) is 0 Å². The number of carbonyl (C=O) groups is 1. The van der Waals surface area contributed by atoms with Crippen LogP contribution in [0.25, 0.3) is 12.2 Å². The number of nitrogens with zero attached hydrogens (tertiary/aromatic N) is 2. The Balaban J connectivity index is 2.04. The molecule has 1 aromatic carbocycles. The largest absolute Gasteiger partial charge is 0.416 e. The minimum Gasteiger partial charge on any atom is -0.298 e. The van der Waals surface area contributed by atoms with Crippen molar-refractivity contribution < 1.29 is 31.1 Å². The van der Waals surface area contributed by atoms with E-state index in [1.54, 1.807) is 42.6 Å². The molecule has 0 atom stereocenters. The molecule has 3 nitrogen and oxygen atoms in total. The molecular weight excluding hydrogens is 410 g/mol. The first kappa shape index (κ1) is 21.8. The van der Waals surface area contributed by atoms with Crippen molar-refractivity contribution in [2.75, 3.05) is 20.1 Å². The number of piperidine rings is 1. The van der Waals surface area contributed by atoms with E-state index in [0.29, 0.717) is 29.8 Å². The second-order valence-electron chi connectivity index (χ2n) is 6.96. The molecule has 0 saturated carbocycles. The van der Waals surface area contributed by atoms with Gasteiger partial charge in [-0.15, -0.1) is 0 Å². The predicted molar refractivity (Wildman–Crippen MR) is 99.1 cm³/mol. The first-order valence-corrected chi connectivity index (χ1v) is 8.77. The zero-order valence-corrected chi connectivity index (χ0v) is 15.7. The van der Waals surface area contributed by atoms with Gasteiger partial charge in [0, 0.05) is 36.6 Å². The molecule has 158 valence electrons. The molecule has 30 heavy (non-hydrogen) atoms. The number of pyridine rings is 1. The molecule has 1 aliphatic rings. The summed E-state index contributed by atoms with van der Waals surface area (Å²) in [7, 11) is 1.70. The lowest BCUT2D eigenvalue weighted by Gasteiger charge is -2.26. The van der Waals surface area contributed by atoms with Crippen LogP contribution in [-0.2, 0) is 17.1 Å². The summed E-state index contributed by atoms with van der Waals surface area (Å²) in [5.74, 6) is -0.420. The number of rotatable bonds is 2. The number of Topliss-reactive ketones (excluding diaryl/α,β-unsaturated/α-hetero) is 1. The first-order valence-electron chi connectivity index (χ1n) is 8.77. The lowest BCUT2D eigenvalue weighted by Crippen LogP contribution is -2.34. The average Bonchev–Trinajstić information content (AvgIpc) is 2.64. The Bertz CT molecular complexity index is 974. The summed E-state index contributed by atoms with van der Waals surface area (Å²) in [5.41, 5.74) is -1.98. The van der Waals surface area contributed by atoms with E-state index < -0.39 is 29.3 Å². The fourth-order valence-corrected chi connectivity index (χ4v) is 3.13. The van der Waals surface area contributed by atoms with Gasteiger partial charge in [0.05, 0.1) is 11.1 Å². The number of ketones is 1. The van der Waals surface area contributed by atoms with E-state index in [4.69, 9.17) is 0 Å². The van der Waals surface area contributed by atoms with Crippen molar-refractivity contribution in [2.24, 2.45) is 0 Å². The molecule has 0 N–H and O–H groups in total. The molecule has 0 radical (unpaired) electrons. The van der Waals surface area contributed by atoms with Crippen LogP contribution in [-0.4, -0.2) is 35.8 Å². The van der Waals surface area contributed by atoms with E-state index >= 15 is 0 Å². The number of likely N-dealkylation sites (tertiary alicyclic amines) is 1. The Morgan fingerprint density at radius 1 is 0.833 bits per heavy atom. The monoisotopic (exact) mass is 426 g/mol. The third-order valence-electron chi connectivity index (χ3n) is 4.46. The molecule has 0 aliphatic carbocycles. The van der Waals surface area contributed by atoms with Gasteiger partial charge in [0.25, 0.3) is 0 Å². The maximum atomic E-state index is 13.1. The van der Waals surface area contributed by atoms with Gasteiger partial charge >= 0.3 is 12.4 Å². The topological polar surface area (TPSA) is 33.2 Å². The van der Waals surface area contributed by atoms with Crippen LogP contribution in [0.15, 0.2) is 53.9 Å². The van der Waals surface area contributed by atoms with Crippen molar-refractivity contribution in [3.63, 3.8) is 0 Å². The van der Waals surface area contributed by atoms with Gasteiger partial charge in [-0.2, -0.15) is 26.3 Å². The predicted octanol–water partition coefficient (Wildman–Crippen LogP) is 5.10. The molecule has 1 aromatic heterocycles. The average molecular weight is 426 g/mol. The van der Waals surface area contributed by atoms with Gasteiger partial charge in [0.2, 0.25) is 0 Å². The summed E-state index contributed by atoms with van der Waals surface area (Å²) in [6.07, 6.45) is -4.10. The molecule has 1 saturated heterocycles. The maximum Gasteiger partial charge on any atom is 0.416 e. The number of carbonyl (C=O) groups excluding carboxylic acids is 1. The molecule has 1 fully saturated rings. The highest BCUT2D eigenvalue weighted by Crippen LogP contribution is 2.37. The highest BCUT2D eigenvalue weighted by atomic mass is 19.4. The fraction of sp³-hybridized carbons (Fsp3) is 0.238. The van der Waals surface area contributed by atoms with Crippen LogP contribution in [0.2, 0.25) is 0 Å². The summed E-state index contributed by atoms with van der Waals surface area (Å²) in [6, 6.07) is 4.64. The van der Waals surface area contributed by atoms with E-state index in [1.165, 1.54) is 0 Å². The fourth-order valence-electron chi connectivity index (χ4n) is 3.13. The van der Waals surface area contributed by atoms with Gasteiger partial charge in [0.15, 0.2) is 5.78 Å². The van der Waals surface area contributed by atoms with Crippen LogP contribution in [0, 0.1) is 0 Å². The molecule has 0 bridgehead atoms. The van der Waals surface area contributed by atoms with Crippen molar-refractivity contribution >= 4 is 17.9 Å². The van der Waals surface area contributed by atoms with Crippen molar-refractivity contribution in [1.29, 1.82) is 0 Å². The summed E-state index contributed by atoms with van der Waals surface area (Å²) in [6.45, 7) is 0.402. The standard InChI is InChI=1S/C21H16F6N2O/c1-29-11-15(6-13-2-4-28-5-3-13)19(30)16(12-29)7-14-8-17(20(22,23)24)10-18(9-14)21(25,26)27/h2-10H,11-12H2,1H3/b15-6+,16-7+. The number of hydrogen-bond donors (Lipinski definition) is 0. The van der Waals surface area contributed by atoms with E-state index in [2.05, 4.69) is 4.98 Å². The van der Waals surface area contributed by atoms with Gasteiger partial charge < -0.3 is 0 Å². The van der Waals surface area contributed by atoms with Gasteiger partial charge in [-0.05, 0) is 60.7 Å². The molecule has 2 heterocycles. The number of halogens is 6. The van der Waals surface area contributed by atoms with E-state index in [-0.39, 0.29) is 23.7 Å². The maximum absolute atomic E-state index is 13.1. The highest BCUT2D eigenvalue weighted by Gasteiger charge is 2.37. The summed E-state index contributed by atoms with van der Waals surface area (Å²) >= 11 is 0. The Morgan fingerprint density at radius 2 is 1.30 bits per heavy atom. The number of aromatic nitrogens is 1. The van der Waals surface area contributed by atoms with Crippen LogP contribution >= 0.6 is 0 Å². The first-order chi connectivity index (χ1) is 13.9. The van der Waals surface area contributed by atoms with Crippen LogP contribution in [0.3, 0.4) is 0 Å². The van der Waals surface area contributed by atoms with Crippen LogP contribution in [0.1, 0.15) is 22.3 Å². The summed E-state index contributed by atoms with van der Waals surface area (Å²) in [4.78, 5) is 18.4. The third-order valence-corrected chi connectivity index (χ3v) is 4.46. The van der Waals surface area contributed by atoms with Crippen molar-refractivity contribution in [3.05, 3.63) is 76.1 Å². The third kappa shape index (κ3) is 5.15. The Kier molecular flexibility index (Phi) is 5.85. The lowest BCUT2D eigenvalue weighted by molar-refractivity contribution is -0.143.